The zero-order valence-corrected chi connectivity index (χ0v) is 13.9. The molecule has 1 aromatic heterocycles. The van der Waals surface area contributed by atoms with Gasteiger partial charge in [0.25, 0.3) is 0 Å². The molecule has 0 radical (unpaired) electrons. The molecule has 2 atom stereocenters. The van der Waals surface area contributed by atoms with Crippen molar-refractivity contribution in [3.05, 3.63) is 11.7 Å². The Bertz CT molecular complexity index is 432. The number of likely N-dealkylation sites (tertiary alicyclic amines) is 1. The molecule has 2 unspecified atom stereocenters. The van der Waals surface area contributed by atoms with Gasteiger partial charge in [0.05, 0.1) is 6.04 Å². The van der Waals surface area contributed by atoms with Gasteiger partial charge in [0.15, 0.2) is 5.82 Å². The maximum Gasteiger partial charge on any atom is 0.226 e. The van der Waals surface area contributed by atoms with Gasteiger partial charge in [-0.3, -0.25) is 0 Å². The van der Waals surface area contributed by atoms with Gasteiger partial charge in [-0.05, 0) is 37.3 Å². The molecule has 5 heteroatoms. The van der Waals surface area contributed by atoms with Crippen LogP contribution in [0.1, 0.15) is 64.7 Å². The highest BCUT2D eigenvalue weighted by molar-refractivity contribution is 4.95. The Morgan fingerprint density at radius 1 is 1.24 bits per heavy atom. The Labute approximate surface area is 128 Å². The van der Waals surface area contributed by atoms with E-state index >= 15 is 0 Å². The van der Waals surface area contributed by atoms with Crippen LogP contribution < -0.4 is 5.73 Å². The second-order valence-corrected chi connectivity index (χ2v) is 7.49. The summed E-state index contributed by atoms with van der Waals surface area (Å²) in [5.74, 6) is 1.85. The Hall–Kier alpha value is -0.940. The van der Waals surface area contributed by atoms with E-state index in [9.17, 15) is 0 Å². The van der Waals surface area contributed by atoms with Crippen LogP contribution in [0.5, 0.6) is 0 Å². The van der Waals surface area contributed by atoms with Crippen molar-refractivity contribution in [2.24, 2.45) is 17.1 Å². The summed E-state index contributed by atoms with van der Waals surface area (Å²) in [4.78, 5) is 6.90. The highest BCUT2D eigenvalue weighted by atomic mass is 16.5. The molecule has 0 amide bonds. The fourth-order valence-electron chi connectivity index (χ4n) is 2.57. The number of aromatic nitrogens is 2. The van der Waals surface area contributed by atoms with Crippen molar-refractivity contribution < 1.29 is 4.52 Å². The molecule has 2 heterocycles. The van der Waals surface area contributed by atoms with E-state index in [-0.39, 0.29) is 11.5 Å². The summed E-state index contributed by atoms with van der Waals surface area (Å²) < 4.78 is 5.38. The fourth-order valence-corrected chi connectivity index (χ4v) is 2.57. The smallest absolute Gasteiger partial charge is 0.226 e. The molecule has 1 saturated heterocycles. The summed E-state index contributed by atoms with van der Waals surface area (Å²) in [6, 6.07) is -0.148. The van der Waals surface area contributed by atoms with E-state index in [0.717, 1.165) is 26.1 Å². The lowest BCUT2D eigenvalue weighted by atomic mass is 9.80. The summed E-state index contributed by atoms with van der Waals surface area (Å²) >= 11 is 0. The lowest BCUT2D eigenvalue weighted by Gasteiger charge is -2.27. The molecular weight excluding hydrogens is 264 g/mol. The van der Waals surface area contributed by atoms with Crippen LogP contribution in [0.25, 0.3) is 0 Å². The van der Waals surface area contributed by atoms with Gasteiger partial charge < -0.3 is 15.2 Å². The minimum Gasteiger partial charge on any atom is -0.339 e. The number of nitrogens with zero attached hydrogens (tertiary/aromatic N) is 3. The predicted octanol–water partition coefficient (Wildman–Crippen LogP) is 2.78. The molecule has 1 aliphatic heterocycles. The van der Waals surface area contributed by atoms with Gasteiger partial charge >= 0.3 is 0 Å². The molecule has 1 fully saturated rings. The van der Waals surface area contributed by atoms with Gasteiger partial charge in [-0.1, -0.05) is 39.3 Å². The maximum atomic E-state index is 6.23. The second kappa shape index (κ2) is 6.88. The molecule has 21 heavy (non-hydrogen) atoms. The first-order valence-corrected chi connectivity index (χ1v) is 8.16. The average Bonchev–Trinajstić information content (AvgIpc) is 2.87. The summed E-state index contributed by atoms with van der Waals surface area (Å²) in [7, 11) is 0. The molecule has 0 aromatic carbocycles. The van der Waals surface area contributed by atoms with Crippen molar-refractivity contribution in [2.75, 3.05) is 19.6 Å². The van der Waals surface area contributed by atoms with Crippen LogP contribution in [0.15, 0.2) is 4.52 Å². The average molecular weight is 294 g/mol. The Kier molecular flexibility index (Phi) is 5.38. The van der Waals surface area contributed by atoms with E-state index in [4.69, 9.17) is 10.3 Å². The summed E-state index contributed by atoms with van der Waals surface area (Å²) in [6.45, 7) is 12.0. The van der Waals surface area contributed by atoms with Gasteiger partial charge in [-0.25, -0.2) is 0 Å². The van der Waals surface area contributed by atoms with Crippen LogP contribution in [-0.2, 0) is 6.42 Å². The zero-order valence-electron chi connectivity index (χ0n) is 13.9. The maximum absolute atomic E-state index is 6.23. The van der Waals surface area contributed by atoms with Gasteiger partial charge in [0.2, 0.25) is 5.89 Å². The molecule has 0 saturated carbocycles. The zero-order chi connectivity index (χ0) is 15.5. The molecule has 0 bridgehead atoms. The summed E-state index contributed by atoms with van der Waals surface area (Å²) in [5, 5.41) is 4.08. The lowest BCUT2D eigenvalue weighted by molar-refractivity contribution is 0.212. The third-order valence-electron chi connectivity index (χ3n) is 4.68. The highest BCUT2D eigenvalue weighted by Gasteiger charge is 2.24. The first-order valence-electron chi connectivity index (χ1n) is 8.16. The van der Waals surface area contributed by atoms with Gasteiger partial charge in [-0.15, -0.1) is 0 Å². The summed E-state index contributed by atoms with van der Waals surface area (Å²) in [6.07, 6.45) is 4.69. The van der Waals surface area contributed by atoms with Crippen molar-refractivity contribution in [1.82, 2.24) is 15.0 Å². The number of hydrogen-bond acceptors (Lipinski definition) is 5. The van der Waals surface area contributed by atoms with E-state index in [2.05, 4.69) is 42.7 Å². The predicted molar refractivity (Wildman–Crippen MR) is 83.8 cm³/mol. The fraction of sp³-hybridized carbons (Fsp3) is 0.875. The van der Waals surface area contributed by atoms with Crippen LogP contribution in [0.4, 0.5) is 0 Å². The molecule has 2 N–H and O–H groups in total. The summed E-state index contributed by atoms with van der Waals surface area (Å²) in [5.41, 5.74) is 6.47. The third kappa shape index (κ3) is 4.78. The SMILES string of the molecule is CC(Cc1nc(C(N)CN2CCCCC2)no1)C(C)(C)C. The monoisotopic (exact) mass is 294 g/mol. The van der Waals surface area contributed by atoms with Crippen LogP contribution in [0, 0.1) is 11.3 Å². The van der Waals surface area contributed by atoms with E-state index in [0.29, 0.717) is 17.6 Å². The lowest BCUT2D eigenvalue weighted by Crippen LogP contribution is -2.36. The highest BCUT2D eigenvalue weighted by Crippen LogP contribution is 2.28. The van der Waals surface area contributed by atoms with E-state index < -0.39 is 0 Å². The van der Waals surface area contributed by atoms with Crippen LogP contribution in [0.2, 0.25) is 0 Å². The van der Waals surface area contributed by atoms with Gasteiger partial charge in [0, 0.05) is 13.0 Å². The van der Waals surface area contributed by atoms with Crippen LogP contribution >= 0.6 is 0 Å². The minimum atomic E-state index is -0.148. The largest absolute Gasteiger partial charge is 0.339 e. The van der Waals surface area contributed by atoms with Crippen molar-refractivity contribution in [3.8, 4) is 0 Å². The van der Waals surface area contributed by atoms with E-state index in [1.54, 1.807) is 0 Å². The first-order chi connectivity index (χ1) is 9.86. The number of nitrogens with two attached hydrogens (primary N) is 1. The molecule has 0 aliphatic carbocycles. The molecule has 120 valence electrons. The third-order valence-corrected chi connectivity index (χ3v) is 4.68. The Morgan fingerprint density at radius 2 is 1.90 bits per heavy atom. The molecule has 0 spiro atoms. The van der Waals surface area contributed by atoms with Gasteiger partial charge in [0.1, 0.15) is 0 Å². The van der Waals surface area contributed by atoms with Crippen molar-refractivity contribution in [2.45, 2.75) is 59.4 Å². The van der Waals surface area contributed by atoms with E-state index in [1.807, 2.05) is 0 Å². The second-order valence-electron chi connectivity index (χ2n) is 7.49. The Balaban J connectivity index is 1.89. The number of rotatable bonds is 5. The molecule has 1 aromatic rings. The molecule has 2 rings (SSSR count). The molecule has 5 nitrogen and oxygen atoms in total. The molecular formula is C16H30N4O. The van der Waals surface area contributed by atoms with Crippen LogP contribution in [-0.4, -0.2) is 34.7 Å². The van der Waals surface area contributed by atoms with Crippen molar-refractivity contribution in [3.63, 3.8) is 0 Å². The first kappa shape index (κ1) is 16.4. The van der Waals surface area contributed by atoms with Crippen molar-refractivity contribution >= 4 is 0 Å². The van der Waals surface area contributed by atoms with E-state index in [1.165, 1.54) is 19.3 Å². The quantitative estimate of drug-likeness (QED) is 0.904. The van der Waals surface area contributed by atoms with Gasteiger partial charge in [-0.2, -0.15) is 4.98 Å². The normalized spacial score (nSPS) is 20.4. The van der Waals surface area contributed by atoms with Crippen LogP contribution in [0.3, 0.4) is 0 Å². The van der Waals surface area contributed by atoms with Crippen molar-refractivity contribution in [1.29, 1.82) is 0 Å². The standard InChI is InChI=1S/C16H30N4O/c1-12(16(2,3)4)10-14-18-15(19-21-14)13(17)11-20-8-6-5-7-9-20/h12-13H,5-11,17H2,1-4H3. The minimum absolute atomic E-state index is 0.148. The molecule has 1 aliphatic rings. The topological polar surface area (TPSA) is 68.2 Å². The Morgan fingerprint density at radius 3 is 2.52 bits per heavy atom. The number of hydrogen-bond donors (Lipinski definition) is 1. The number of piperidine rings is 1.